The Morgan fingerprint density at radius 3 is 2.65 bits per heavy atom. The molecule has 1 aliphatic carbocycles. The fourth-order valence-electron chi connectivity index (χ4n) is 4.45. The minimum Gasteiger partial charge on any atom is -0.398 e. The van der Waals surface area contributed by atoms with Gasteiger partial charge in [0.2, 0.25) is 5.95 Å². The van der Waals surface area contributed by atoms with E-state index in [1.54, 1.807) is 0 Å². The minimum absolute atomic E-state index is 0.123. The molecule has 1 fully saturated rings. The summed E-state index contributed by atoms with van der Waals surface area (Å²) in [6, 6.07) is 12.2. The molecule has 1 saturated carbocycles. The van der Waals surface area contributed by atoms with Crippen LogP contribution in [0.2, 0.25) is 0 Å². The number of rotatable bonds is 9. The van der Waals surface area contributed by atoms with Crippen LogP contribution in [-0.4, -0.2) is 42.8 Å². The Kier molecular flexibility index (Phi) is 6.53. The molecule has 1 aliphatic rings. The molecule has 9 nitrogen and oxygen atoms in total. The van der Waals surface area contributed by atoms with Gasteiger partial charge in [0.1, 0.15) is 0 Å². The molecule has 3 heterocycles. The highest BCUT2D eigenvalue weighted by molar-refractivity contribution is 5.84. The number of benzene rings is 1. The van der Waals surface area contributed by atoms with Crippen molar-refractivity contribution in [3.63, 3.8) is 0 Å². The third-order valence-corrected chi connectivity index (χ3v) is 6.28. The summed E-state index contributed by atoms with van der Waals surface area (Å²) in [7, 11) is 0. The van der Waals surface area contributed by atoms with Gasteiger partial charge in [0, 0.05) is 43.2 Å². The van der Waals surface area contributed by atoms with Crippen LogP contribution < -0.4 is 16.4 Å². The molecule has 0 aliphatic heterocycles. The second kappa shape index (κ2) is 10.0. The molecule has 4 aromatic rings. The van der Waals surface area contributed by atoms with Gasteiger partial charge < -0.3 is 26.0 Å². The van der Waals surface area contributed by atoms with Crippen molar-refractivity contribution in [3.05, 3.63) is 54.5 Å². The Morgan fingerprint density at radius 1 is 1.03 bits per heavy atom. The number of hydrogen-bond acceptors (Lipinski definition) is 8. The molecule has 9 heteroatoms. The Hall–Kier alpha value is -3.72. The molecule has 0 amide bonds. The largest absolute Gasteiger partial charge is 0.398 e. The Balaban J connectivity index is 1.38. The lowest BCUT2D eigenvalue weighted by molar-refractivity contribution is 0.292. The van der Waals surface area contributed by atoms with Crippen molar-refractivity contribution in [1.29, 1.82) is 0 Å². The maximum atomic E-state index is 9.12. The highest BCUT2D eigenvalue weighted by atomic mass is 16.3. The smallest absolute Gasteiger partial charge is 0.226 e. The number of anilines is 3. The number of nitrogen functional groups attached to an aromatic ring is 1. The summed E-state index contributed by atoms with van der Waals surface area (Å²) in [6.45, 7) is 1.28. The predicted molar refractivity (Wildman–Crippen MR) is 134 cm³/mol. The SMILES string of the molecule is Nc1ccccc1-c1ccc(CNc2nc(NCCCO)nc3c2ncn3C2CCCC2)cn1. The van der Waals surface area contributed by atoms with Crippen LogP contribution in [0.4, 0.5) is 17.5 Å². The van der Waals surface area contributed by atoms with Gasteiger partial charge in [-0.15, -0.1) is 0 Å². The van der Waals surface area contributed by atoms with E-state index in [4.69, 9.17) is 15.8 Å². The third kappa shape index (κ3) is 4.65. The number of aliphatic hydroxyl groups is 1. The van der Waals surface area contributed by atoms with Crippen molar-refractivity contribution in [3.8, 4) is 11.3 Å². The molecule has 3 aromatic heterocycles. The molecule has 0 atom stereocenters. The van der Waals surface area contributed by atoms with Crippen LogP contribution in [0, 0.1) is 0 Å². The first-order chi connectivity index (χ1) is 16.7. The second-order valence-corrected chi connectivity index (χ2v) is 8.65. The zero-order chi connectivity index (χ0) is 23.3. The molecule has 176 valence electrons. The number of para-hydroxylation sites is 1. The first-order valence-electron chi connectivity index (χ1n) is 11.9. The average molecular weight is 459 g/mol. The van der Waals surface area contributed by atoms with Crippen LogP contribution in [0.15, 0.2) is 48.9 Å². The summed E-state index contributed by atoms with van der Waals surface area (Å²) in [5.74, 6) is 1.22. The Morgan fingerprint density at radius 2 is 1.88 bits per heavy atom. The van der Waals surface area contributed by atoms with Crippen LogP contribution in [0.25, 0.3) is 22.4 Å². The van der Waals surface area contributed by atoms with Crippen LogP contribution in [0.5, 0.6) is 0 Å². The summed E-state index contributed by atoms with van der Waals surface area (Å²) in [6.07, 6.45) is 9.14. The zero-order valence-corrected chi connectivity index (χ0v) is 19.1. The maximum absolute atomic E-state index is 9.12. The van der Waals surface area contributed by atoms with E-state index >= 15 is 0 Å². The highest BCUT2D eigenvalue weighted by Gasteiger charge is 2.21. The fourth-order valence-corrected chi connectivity index (χ4v) is 4.45. The molecular formula is C25H30N8O. The number of nitrogens with one attached hydrogen (secondary N) is 2. The van der Waals surface area contributed by atoms with Gasteiger partial charge in [-0.05, 0) is 37.0 Å². The van der Waals surface area contributed by atoms with Gasteiger partial charge in [-0.25, -0.2) is 4.98 Å². The number of nitrogens with zero attached hydrogens (tertiary/aromatic N) is 5. The predicted octanol–water partition coefficient (Wildman–Crippen LogP) is 3.99. The lowest BCUT2D eigenvalue weighted by Gasteiger charge is -2.14. The van der Waals surface area contributed by atoms with Gasteiger partial charge in [0.15, 0.2) is 17.0 Å². The van der Waals surface area contributed by atoms with Crippen LogP contribution in [0.1, 0.15) is 43.7 Å². The number of nitrogens with two attached hydrogens (primary N) is 1. The molecule has 0 spiro atoms. The van der Waals surface area contributed by atoms with Gasteiger partial charge in [-0.3, -0.25) is 4.98 Å². The van der Waals surface area contributed by atoms with E-state index in [2.05, 4.69) is 30.2 Å². The van der Waals surface area contributed by atoms with Crippen LogP contribution >= 0.6 is 0 Å². The van der Waals surface area contributed by atoms with Gasteiger partial charge >= 0.3 is 0 Å². The number of aromatic nitrogens is 5. The fraction of sp³-hybridized carbons (Fsp3) is 0.360. The maximum Gasteiger partial charge on any atom is 0.226 e. The minimum atomic E-state index is 0.123. The van der Waals surface area contributed by atoms with E-state index < -0.39 is 0 Å². The van der Waals surface area contributed by atoms with E-state index in [-0.39, 0.29) is 6.61 Å². The van der Waals surface area contributed by atoms with Gasteiger partial charge in [-0.1, -0.05) is 37.1 Å². The summed E-state index contributed by atoms with van der Waals surface area (Å²) in [4.78, 5) is 18.7. The van der Waals surface area contributed by atoms with E-state index in [0.29, 0.717) is 43.0 Å². The molecule has 34 heavy (non-hydrogen) atoms. The molecule has 0 saturated heterocycles. The topological polar surface area (TPSA) is 127 Å². The normalized spacial score (nSPS) is 14.0. The molecule has 5 N–H and O–H groups in total. The van der Waals surface area contributed by atoms with E-state index in [9.17, 15) is 0 Å². The van der Waals surface area contributed by atoms with Gasteiger partial charge in [0.25, 0.3) is 0 Å². The number of imidazole rings is 1. The van der Waals surface area contributed by atoms with Crippen molar-refractivity contribution in [2.24, 2.45) is 0 Å². The molecule has 0 unspecified atom stereocenters. The molecule has 0 radical (unpaired) electrons. The van der Waals surface area contributed by atoms with Crippen molar-refractivity contribution in [1.82, 2.24) is 24.5 Å². The Labute approximate surface area is 198 Å². The average Bonchev–Trinajstić information content (AvgIpc) is 3.53. The summed E-state index contributed by atoms with van der Waals surface area (Å²) >= 11 is 0. The Bertz CT molecular complexity index is 1250. The number of aliphatic hydroxyl groups excluding tert-OH is 1. The van der Waals surface area contributed by atoms with Gasteiger partial charge in [-0.2, -0.15) is 9.97 Å². The lowest BCUT2D eigenvalue weighted by Crippen LogP contribution is -2.11. The van der Waals surface area contributed by atoms with E-state index in [1.165, 1.54) is 12.8 Å². The molecule has 0 bridgehead atoms. The highest BCUT2D eigenvalue weighted by Crippen LogP contribution is 2.33. The van der Waals surface area contributed by atoms with Crippen molar-refractivity contribution >= 4 is 28.6 Å². The van der Waals surface area contributed by atoms with E-state index in [1.807, 2.05) is 48.9 Å². The summed E-state index contributed by atoms with van der Waals surface area (Å²) in [5, 5.41) is 15.8. The molecule has 5 rings (SSSR count). The number of fused-ring (bicyclic) bond motifs is 1. The van der Waals surface area contributed by atoms with Crippen LogP contribution in [0.3, 0.4) is 0 Å². The third-order valence-electron chi connectivity index (χ3n) is 6.28. The number of hydrogen-bond donors (Lipinski definition) is 4. The second-order valence-electron chi connectivity index (χ2n) is 8.65. The lowest BCUT2D eigenvalue weighted by atomic mass is 10.1. The first kappa shape index (κ1) is 22.1. The molecule has 1 aromatic carbocycles. The summed E-state index contributed by atoms with van der Waals surface area (Å²) < 4.78 is 2.19. The zero-order valence-electron chi connectivity index (χ0n) is 19.1. The van der Waals surface area contributed by atoms with Crippen molar-refractivity contribution < 1.29 is 5.11 Å². The van der Waals surface area contributed by atoms with Crippen molar-refractivity contribution in [2.75, 3.05) is 29.5 Å². The van der Waals surface area contributed by atoms with Gasteiger partial charge in [0.05, 0.1) is 12.0 Å². The first-order valence-corrected chi connectivity index (χ1v) is 11.9. The van der Waals surface area contributed by atoms with Crippen molar-refractivity contribution in [2.45, 2.75) is 44.7 Å². The quantitative estimate of drug-likeness (QED) is 0.219. The standard InChI is InChI=1S/C25H30N8O/c26-20-9-4-3-8-19(20)21-11-10-17(14-28-21)15-29-23-22-24(32-25(31-23)27-12-5-13-34)33(16-30-22)18-6-1-2-7-18/h3-4,8-11,14,16,18,34H,1-2,5-7,12-13,15,26H2,(H2,27,29,31,32). The molecular weight excluding hydrogens is 428 g/mol. The monoisotopic (exact) mass is 458 g/mol. The number of pyridine rings is 1. The van der Waals surface area contributed by atoms with E-state index in [0.717, 1.165) is 40.8 Å². The van der Waals surface area contributed by atoms with Crippen LogP contribution in [-0.2, 0) is 6.54 Å². The summed E-state index contributed by atoms with van der Waals surface area (Å²) in [5.41, 5.74) is 11.2.